The van der Waals surface area contributed by atoms with Gasteiger partial charge in [0.25, 0.3) is 0 Å². The lowest BCUT2D eigenvalue weighted by atomic mass is 9.93. The zero-order chi connectivity index (χ0) is 19.1. The van der Waals surface area contributed by atoms with Crippen LogP contribution in [0.5, 0.6) is 0 Å². The fraction of sp³-hybridized carbons (Fsp3) is 0.429. The Morgan fingerprint density at radius 3 is 2.37 bits per heavy atom. The van der Waals surface area contributed by atoms with Crippen LogP contribution >= 0.6 is 0 Å². The van der Waals surface area contributed by atoms with Crippen LogP contribution in [-0.2, 0) is 9.84 Å². The van der Waals surface area contributed by atoms with E-state index in [0.29, 0.717) is 17.0 Å². The molecule has 2 N–H and O–H groups in total. The molecule has 2 saturated heterocycles. The molecule has 2 aliphatic heterocycles. The molecule has 6 heteroatoms. The van der Waals surface area contributed by atoms with Crippen LogP contribution in [0.4, 0.5) is 11.4 Å². The number of nitrogens with one attached hydrogen (secondary N) is 2. The molecule has 27 heavy (non-hydrogen) atoms. The number of likely N-dealkylation sites (tertiary alicyclic amines) is 1. The van der Waals surface area contributed by atoms with Gasteiger partial charge < -0.3 is 5.32 Å². The summed E-state index contributed by atoms with van der Waals surface area (Å²) in [5, 5.41) is 7.45. The van der Waals surface area contributed by atoms with E-state index in [1.54, 1.807) is 12.1 Å². The molecule has 0 aromatic heterocycles. The van der Waals surface area contributed by atoms with E-state index in [4.69, 9.17) is 0 Å². The Morgan fingerprint density at radius 1 is 1.00 bits per heavy atom. The van der Waals surface area contributed by atoms with Gasteiger partial charge in [0, 0.05) is 36.4 Å². The fourth-order valence-corrected chi connectivity index (χ4v) is 5.27. The van der Waals surface area contributed by atoms with E-state index in [1.807, 2.05) is 30.3 Å². The number of nitrogens with zero attached hydrogens (tertiary/aromatic N) is 1. The zero-order valence-corrected chi connectivity index (χ0v) is 16.7. The second kappa shape index (κ2) is 6.93. The molecule has 0 saturated carbocycles. The molecule has 4 unspecified atom stereocenters. The minimum Gasteiger partial charge on any atom is -0.370 e. The van der Waals surface area contributed by atoms with Gasteiger partial charge in [0.15, 0.2) is 16.0 Å². The topological polar surface area (TPSA) is 58.2 Å². The second-order valence-corrected chi connectivity index (χ2v) is 10.1. The number of piperidine rings is 1. The quantitative estimate of drug-likeness (QED) is 0.793. The molecule has 0 radical (unpaired) electrons. The average molecular weight is 387 g/mol. The maximum atomic E-state index is 11.8. The van der Waals surface area contributed by atoms with E-state index in [0.717, 1.165) is 23.1 Å². The molecule has 144 valence electrons. The van der Waals surface area contributed by atoms with Crippen LogP contribution in [0.1, 0.15) is 19.3 Å². The molecule has 0 amide bonds. The summed E-state index contributed by atoms with van der Waals surface area (Å²) in [4.78, 5) is 0.383. The smallest absolute Gasteiger partial charge is 0.175 e. The van der Waals surface area contributed by atoms with Crippen LogP contribution in [0.25, 0.3) is 0 Å². The first-order valence-electron chi connectivity index (χ1n) is 9.60. The van der Waals surface area contributed by atoms with Crippen molar-refractivity contribution in [3.05, 3.63) is 54.6 Å². The normalized spacial score (nSPS) is 30.7. The minimum atomic E-state index is -3.16. The van der Waals surface area contributed by atoms with Crippen LogP contribution < -0.4 is 15.1 Å². The predicted octanol–water partition coefficient (Wildman–Crippen LogP) is 3.19. The van der Waals surface area contributed by atoms with Gasteiger partial charge in [-0.25, -0.2) is 13.7 Å². The maximum absolute atomic E-state index is 11.8. The Labute approximate surface area is 161 Å². The summed E-state index contributed by atoms with van der Waals surface area (Å²) in [7, 11) is -0.900. The maximum Gasteiger partial charge on any atom is 0.175 e. The van der Waals surface area contributed by atoms with Gasteiger partial charge in [-0.3, -0.25) is 4.48 Å². The summed E-state index contributed by atoms with van der Waals surface area (Å²) in [6.45, 7) is 1.07. The highest BCUT2D eigenvalue weighted by atomic mass is 32.2. The number of quaternary nitrogens is 1. The number of para-hydroxylation sites is 1. The van der Waals surface area contributed by atoms with Gasteiger partial charge in [-0.15, -0.1) is 0 Å². The molecule has 5 nitrogen and oxygen atoms in total. The largest absolute Gasteiger partial charge is 0.370 e. The zero-order valence-electron chi connectivity index (χ0n) is 15.9. The fourth-order valence-electron chi connectivity index (χ4n) is 4.64. The lowest BCUT2D eigenvalue weighted by molar-refractivity contribution is 0.167. The van der Waals surface area contributed by atoms with Gasteiger partial charge in [-0.05, 0) is 37.1 Å². The van der Waals surface area contributed by atoms with Crippen molar-refractivity contribution >= 4 is 21.2 Å². The van der Waals surface area contributed by atoms with Crippen molar-refractivity contribution in [2.45, 2.75) is 36.5 Å². The molecule has 0 spiro atoms. The molecule has 4 atom stereocenters. The Balaban J connectivity index is 1.55. The molecule has 2 aromatic rings. The first kappa shape index (κ1) is 18.5. The molecular weight excluding hydrogens is 358 g/mol. The Kier molecular flexibility index (Phi) is 4.74. The number of fused-ring (bicyclic) bond motifs is 1. The van der Waals surface area contributed by atoms with Crippen molar-refractivity contribution in [2.24, 2.45) is 5.92 Å². The van der Waals surface area contributed by atoms with Gasteiger partial charge in [0.1, 0.15) is 5.69 Å². The van der Waals surface area contributed by atoms with Crippen molar-refractivity contribution < 1.29 is 8.42 Å². The highest BCUT2D eigenvalue weighted by Gasteiger charge is 2.49. The summed E-state index contributed by atoms with van der Waals surface area (Å²) in [6, 6.07) is 17.8. The molecule has 2 fully saturated rings. The Bertz CT molecular complexity index is 899. The number of benzene rings is 2. The minimum absolute atomic E-state index is 0.250. The van der Waals surface area contributed by atoms with Crippen molar-refractivity contribution in [1.29, 1.82) is 0 Å². The van der Waals surface area contributed by atoms with Gasteiger partial charge in [0.05, 0.1) is 24.7 Å². The van der Waals surface area contributed by atoms with E-state index < -0.39 is 9.84 Å². The lowest BCUT2D eigenvalue weighted by Gasteiger charge is -2.42. The molecule has 0 aliphatic carbocycles. The van der Waals surface area contributed by atoms with Crippen LogP contribution in [0.3, 0.4) is 0 Å². The van der Waals surface area contributed by atoms with E-state index in [1.165, 1.54) is 24.8 Å². The first-order chi connectivity index (χ1) is 12.9. The van der Waals surface area contributed by atoms with Crippen LogP contribution in [0, 0.1) is 5.92 Å². The average Bonchev–Trinajstić information content (AvgIpc) is 3.00. The van der Waals surface area contributed by atoms with E-state index in [9.17, 15) is 8.42 Å². The molecule has 0 bridgehead atoms. The molecule has 2 aliphatic rings. The van der Waals surface area contributed by atoms with Crippen LogP contribution in [0.15, 0.2) is 59.5 Å². The SMILES string of the molecule is C[N+]1(c2ccc(S(C)(=O)=O)cc2)CCC2CCC(Nc3ccccc3)NC21. The van der Waals surface area contributed by atoms with E-state index in [-0.39, 0.29) is 6.17 Å². The summed E-state index contributed by atoms with van der Waals surface area (Å²) in [6.07, 6.45) is 5.36. The van der Waals surface area contributed by atoms with Crippen LogP contribution in [-0.4, -0.2) is 40.6 Å². The lowest BCUT2D eigenvalue weighted by Crippen LogP contribution is -2.63. The monoisotopic (exact) mass is 386 g/mol. The molecule has 4 rings (SSSR count). The summed E-state index contributed by atoms with van der Waals surface area (Å²) >= 11 is 0. The van der Waals surface area contributed by atoms with Gasteiger partial charge in [0.2, 0.25) is 0 Å². The summed E-state index contributed by atoms with van der Waals surface area (Å²) in [5.41, 5.74) is 2.31. The summed E-state index contributed by atoms with van der Waals surface area (Å²) in [5.74, 6) is 0.651. The third-order valence-corrected chi connectivity index (χ3v) is 7.32. The first-order valence-corrected chi connectivity index (χ1v) is 11.5. The number of anilines is 1. The van der Waals surface area contributed by atoms with E-state index in [2.05, 4.69) is 29.8 Å². The standard InChI is InChI=1S/C21H28N3O2S/c1-24(18-9-11-19(12-10-18)27(2,25)26)15-14-16-8-13-20(23-21(16)24)22-17-6-4-3-5-7-17/h3-7,9-12,16,20-23H,8,13-15H2,1-2H3/q+1. The highest BCUT2D eigenvalue weighted by molar-refractivity contribution is 7.90. The predicted molar refractivity (Wildman–Crippen MR) is 110 cm³/mol. The Hall–Kier alpha value is -1.89. The number of sulfone groups is 1. The van der Waals surface area contributed by atoms with Crippen molar-refractivity contribution in [3.8, 4) is 0 Å². The van der Waals surface area contributed by atoms with Crippen LogP contribution in [0.2, 0.25) is 0 Å². The second-order valence-electron chi connectivity index (χ2n) is 8.06. The number of rotatable bonds is 4. The highest BCUT2D eigenvalue weighted by Crippen LogP contribution is 2.40. The number of hydrogen-bond acceptors (Lipinski definition) is 4. The third-order valence-electron chi connectivity index (χ3n) is 6.19. The summed E-state index contributed by atoms with van der Waals surface area (Å²) < 4.78 is 24.3. The van der Waals surface area contributed by atoms with E-state index >= 15 is 0 Å². The molecular formula is C21H28N3O2S+. The van der Waals surface area contributed by atoms with Gasteiger partial charge in [-0.2, -0.15) is 0 Å². The molecule has 2 heterocycles. The Morgan fingerprint density at radius 2 is 1.70 bits per heavy atom. The van der Waals surface area contributed by atoms with Crippen molar-refractivity contribution in [1.82, 2.24) is 9.80 Å². The molecule has 2 aromatic carbocycles. The van der Waals surface area contributed by atoms with Gasteiger partial charge >= 0.3 is 0 Å². The third kappa shape index (κ3) is 3.61. The van der Waals surface area contributed by atoms with Gasteiger partial charge in [-0.1, -0.05) is 18.2 Å². The van der Waals surface area contributed by atoms with Crippen molar-refractivity contribution in [3.63, 3.8) is 0 Å². The van der Waals surface area contributed by atoms with Crippen molar-refractivity contribution in [2.75, 3.05) is 25.2 Å². The number of hydrogen-bond donors (Lipinski definition) is 2.